The maximum absolute atomic E-state index is 14.2. The maximum atomic E-state index is 14.2. The van der Waals surface area contributed by atoms with Gasteiger partial charge in [-0.15, -0.1) is 0 Å². The van der Waals surface area contributed by atoms with Crippen LogP contribution < -0.4 is 15.5 Å². The number of aromatic nitrogens is 2. The molecule has 0 aliphatic carbocycles. The highest BCUT2D eigenvalue weighted by atomic mass is 35.5. The smallest absolute Gasteiger partial charge is 0.295 e. The zero-order valence-corrected chi connectivity index (χ0v) is 18.0. The molecular formula is C21H21ClFN7O2. The van der Waals surface area contributed by atoms with Crippen molar-refractivity contribution in [2.24, 2.45) is 0 Å². The number of nitro groups is 1. The first-order valence-electron chi connectivity index (χ1n) is 9.94. The molecule has 1 fully saturated rings. The van der Waals surface area contributed by atoms with Crippen LogP contribution in [0.15, 0.2) is 48.7 Å². The lowest BCUT2D eigenvalue weighted by atomic mass is 10.2. The molecule has 11 heteroatoms. The van der Waals surface area contributed by atoms with Gasteiger partial charge < -0.3 is 20.4 Å². The van der Waals surface area contributed by atoms with E-state index < -0.39 is 16.4 Å². The monoisotopic (exact) mass is 457 g/mol. The van der Waals surface area contributed by atoms with Gasteiger partial charge in [0, 0.05) is 43.6 Å². The number of anilines is 5. The van der Waals surface area contributed by atoms with Crippen LogP contribution in [0.1, 0.15) is 0 Å². The standard InChI is InChI=1S/C21H21ClFN7O2/c1-28-9-11-29(12-10-28)15-7-5-14(6-8-15)25-21-24-13-16(22)20(27-21)26-19-17(23)3-2-4-18(19)30(31)32/h2-8,13H,9-12H2,1H3,(H2,24,25,26,27). The number of nitrogens with zero attached hydrogens (tertiary/aromatic N) is 5. The van der Waals surface area contributed by atoms with Crippen molar-refractivity contribution in [3.63, 3.8) is 0 Å². The summed E-state index contributed by atoms with van der Waals surface area (Å²) in [5.41, 5.74) is 1.15. The van der Waals surface area contributed by atoms with Gasteiger partial charge in [-0.25, -0.2) is 9.37 Å². The summed E-state index contributed by atoms with van der Waals surface area (Å²) >= 11 is 6.13. The molecule has 0 atom stereocenters. The van der Waals surface area contributed by atoms with E-state index in [4.69, 9.17) is 11.6 Å². The predicted octanol–water partition coefficient (Wildman–Crippen LogP) is 4.42. The molecule has 1 aromatic heterocycles. The zero-order chi connectivity index (χ0) is 22.7. The average Bonchev–Trinajstić information content (AvgIpc) is 2.78. The molecule has 1 aliphatic rings. The number of para-hydroxylation sites is 1. The van der Waals surface area contributed by atoms with Crippen LogP contribution in [0.3, 0.4) is 0 Å². The maximum Gasteiger partial charge on any atom is 0.295 e. The van der Waals surface area contributed by atoms with Gasteiger partial charge in [-0.1, -0.05) is 17.7 Å². The van der Waals surface area contributed by atoms with Gasteiger partial charge in [0.1, 0.15) is 5.02 Å². The summed E-state index contributed by atoms with van der Waals surface area (Å²) in [6.45, 7) is 3.99. The number of nitro benzene ring substituents is 1. The largest absolute Gasteiger partial charge is 0.369 e. The van der Waals surface area contributed by atoms with Gasteiger partial charge >= 0.3 is 0 Å². The molecule has 3 aromatic rings. The number of rotatable bonds is 6. The summed E-state index contributed by atoms with van der Waals surface area (Å²) in [6.07, 6.45) is 1.34. The van der Waals surface area contributed by atoms with Crippen molar-refractivity contribution in [2.45, 2.75) is 0 Å². The van der Waals surface area contributed by atoms with Crippen molar-refractivity contribution in [2.75, 3.05) is 48.8 Å². The van der Waals surface area contributed by atoms with Gasteiger partial charge in [0.15, 0.2) is 17.3 Å². The van der Waals surface area contributed by atoms with Crippen molar-refractivity contribution < 1.29 is 9.31 Å². The Labute approximate surface area is 189 Å². The number of hydrogen-bond donors (Lipinski definition) is 2. The lowest BCUT2D eigenvalue weighted by Crippen LogP contribution is -2.44. The Morgan fingerprint density at radius 1 is 1.09 bits per heavy atom. The third kappa shape index (κ3) is 4.87. The van der Waals surface area contributed by atoms with E-state index in [0.29, 0.717) is 0 Å². The molecule has 1 aliphatic heterocycles. The molecule has 0 amide bonds. The minimum absolute atomic E-state index is 0.0476. The Morgan fingerprint density at radius 2 is 1.81 bits per heavy atom. The zero-order valence-electron chi connectivity index (χ0n) is 17.3. The fraction of sp³-hybridized carbons (Fsp3) is 0.238. The molecule has 0 unspecified atom stereocenters. The molecular weight excluding hydrogens is 437 g/mol. The van der Waals surface area contributed by atoms with E-state index in [9.17, 15) is 14.5 Å². The van der Waals surface area contributed by atoms with Crippen LogP contribution in [0.2, 0.25) is 5.02 Å². The van der Waals surface area contributed by atoms with Crippen LogP contribution in [0.4, 0.5) is 38.9 Å². The molecule has 0 radical (unpaired) electrons. The highest BCUT2D eigenvalue weighted by molar-refractivity contribution is 6.33. The molecule has 1 saturated heterocycles. The fourth-order valence-corrected chi connectivity index (χ4v) is 3.51. The van der Waals surface area contributed by atoms with Gasteiger partial charge in [0.2, 0.25) is 5.95 Å². The second-order valence-corrected chi connectivity index (χ2v) is 7.78. The Bertz CT molecular complexity index is 1120. The predicted molar refractivity (Wildman–Crippen MR) is 123 cm³/mol. The van der Waals surface area contributed by atoms with Crippen LogP contribution in [0.5, 0.6) is 0 Å². The Morgan fingerprint density at radius 3 is 2.50 bits per heavy atom. The van der Waals surface area contributed by atoms with Crippen LogP contribution in [0, 0.1) is 15.9 Å². The minimum Gasteiger partial charge on any atom is -0.369 e. The molecule has 4 rings (SSSR count). The molecule has 166 valence electrons. The van der Waals surface area contributed by atoms with Crippen molar-refractivity contribution >= 4 is 46.1 Å². The molecule has 2 aromatic carbocycles. The molecule has 0 bridgehead atoms. The molecule has 2 N–H and O–H groups in total. The van der Waals surface area contributed by atoms with Gasteiger partial charge in [-0.2, -0.15) is 4.98 Å². The second-order valence-electron chi connectivity index (χ2n) is 7.37. The first-order chi connectivity index (χ1) is 15.4. The number of piperazine rings is 1. The topological polar surface area (TPSA) is 99.5 Å². The summed E-state index contributed by atoms with van der Waals surface area (Å²) in [5.74, 6) is -0.530. The summed E-state index contributed by atoms with van der Waals surface area (Å²) in [5, 5.41) is 17.0. The molecule has 9 nitrogen and oxygen atoms in total. The number of hydrogen-bond acceptors (Lipinski definition) is 8. The highest BCUT2D eigenvalue weighted by Gasteiger charge is 2.20. The number of nitrogens with one attached hydrogen (secondary N) is 2. The van der Waals surface area contributed by atoms with E-state index in [1.807, 2.05) is 24.3 Å². The van der Waals surface area contributed by atoms with Crippen molar-refractivity contribution in [3.05, 3.63) is 69.6 Å². The number of likely N-dealkylation sites (N-methyl/N-ethyl adjacent to an activating group) is 1. The first kappa shape index (κ1) is 21.7. The van der Waals surface area contributed by atoms with Crippen LogP contribution in [-0.4, -0.2) is 53.0 Å². The normalized spacial score (nSPS) is 14.3. The van der Waals surface area contributed by atoms with E-state index in [2.05, 4.69) is 37.4 Å². The molecule has 0 saturated carbocycles. The minimum atomic E-state index is -0.789. The van der Waals surface area contributed by atoms with E-state index in [-0.39, 0.29) is 22.5 Å². The van der Waals surface area contributed by atoms with Gasteiger partial charge in [-0.05, 0) is 37.4 Å². The SMILES string of the molecule is CN1CCN(c2ccc(Nc3ncc(Cl)c(Nc4c(F)cccc4[N+](=O)[O-])n3)cc2)CC1. The summed E-state index contributed by atoms with van der Waals surface area (Å²) < 4.78 is 14.2. The first-order valence-corrected chi connectivity index (χ1v) is 10.3. The van der Waals surface area contributed by atoms with Crippen molar-refractivity contribution in [3.8, 4) is 0 Å². The van der Waals surface area contributed by atoms with Gasteiger partial charge in [0.05, 0.1) is 11.1 Å². The molecule has 0 spiro atoms. The Kier molecular flexibility index (Phi) is 6.33. The average molecular weight is 458 g/mol. The molecule has 32 heavy (non-hydrogen) atoms. The third-order valence-corrected chi connectivity index (χ3v) is 5.44. The number of halogens is 2. The van der Waals surface area contributed by atoms with Crippen LogP contribution >= 0.6 is 11.6 Å². The van der Waals surface area contributed by atoms with Gasteiger partial charge in [-0.3, -0.25) is 10.1 Å². The van der Waals surface area contributed by atoms with E-state index in [1.165, 1.54) is 18.3 Å². The van der Waals surface area contributed by atoms with Crippen LogP contribution in [0.25, 0.3) is 0 Å². The second kappa shape index (κ2) is 9.33. The lowest BCUT2D eigenvalue weighted by molar-refractivity contribution is -0.384. The highest BCUT2D eigenvalue weighted by Crippen LogP contribution is 2.32. The lowest BCUT2D eigenvalue weighted by Gasteiger charge is -2.34. The Balaban J connectivity index is 1.51. The Hall–Kier alpha value is -3.50. The summed E-state index contributed by atoms with van der Waals surface area (Å²) in [7, 11) is 2.12. The quantitative estimate of drug-likeness (QED) is 0.414. The molecule has 2 heterocycles. The van der Waals surface area contributed by atoms with Crippen molar-refractivity contribution in [1.82, 2.24) is 14.9 Å². The third-order valence-electron chi connectivity index (χ3n) is 5.17. The summed E-state index contributed by atoms with van der Waals surface area (Å²) in [4.78, 5) is 23.6. The summed E-state index contributed by atoms with van der Waals surface area (Å²) in [6, 6.07) is 11.4. The van der Waals surface area contributed by atoms with Gasteiger partial charge in [0.25, 0.3) is 5.69 Å². The fourth-order valence-electron chi connectivity index (χ4n) is 3.37. The van der Waals surface area contributed by atoms with E-state index in [1.54, 1.807) is 0 Å². The van der Waals surface area contributed by atoms with E-state index in [0.717, 1.165) is 43.6 Å². The van der Waals surface area contributed by atoms with Crippen LogP contribution in [-0.2, 0) is 0 Å². The van der Waals surface area contributed by atoms with E-state index >= 15 is 0 Å². The van der Waals surface area contributed by atoms with Crippen molar-refractivity contribution in [1.29, 1.82) is 0 Å². The number of benzene rings is 2.